The SMILES string of the molecule is CCCN1OC2(c3cccc(Cl)n3)N=C(Nc3ccnc(C(F)(F)F)c3)N=C1N2. The van der Waals surface area contributed by atoms with Gasteiger partial charge in [0.2, 0.25) is 11.9 Å². The molecule has 152 valence electrons. The molecule has 0 saturated carbocycles. The van der Waals surface area contributed by atoms with Crippen LogP contribution in [0.4, 0.5) is 18.9 Å². The van der Waals surface area contributed by atoms with Gasteiger partial charge in [-0.1, -0.05) is 24.6 Å². The second-order valence-electron chi connectivity index (χ2n) is 6.23. The van der Waals surface area contributed by atoms with Gasteiger partial charge in [0, 0.05) is 18.4 Å². The highest BCUT2D eigenvalue weighted by Gasteiger charge is 2.49. The molecule has 0 amide bonds. The van der Waals surface area contributed by atoms with E-state index in [1.54, 1.807) is 18.2 Å². The molecule has 2 bridgehead atoms. The maximum atomic E-state index is 12.9. The first-order chi connectivity index (χ1) is 13.8. The predicted molar refractivity (Wildman–Crippen MR) is 99.9 cm³/mol. The summed E-state index contributed by atoms with van der Waals surface area (Å²) in [4.78, 5) is 22.3. The van der Waals surface area contributed by atoms with Gasteiger partial charge < -0.3 is 10.6 Å². The highest BCUT2D eigenvalue weighted by Crippen LogP contribution is 2.34. The van der Waals surface area contributed by atoms with Crippen LogP contribution >= 0.6 is 11.6 Å². The van der Waals surface area contributed by atoms with E-state index >= 15 is 0 Å². The molecule has 0 aliphatic carbocycles. The molecule has 29 heavy (non-hydrogen) atoms. The Hall–Kier alpha value is -2.92. The smallest absolute Gasteiger partial charge is 0.324 e. The lowest BCUT2D eigenvalue weighted by molar-refractivity contribution is -0.180. The number of nitrogens with zero attached hydrogens (tertiary/aromatic N) is 5. The average molecular weight is 426 g/mol. The van der Waals surface area contributed by atoms with Crippen molar-refractivity contribution < 1.29 is 18.0 Å². The van der Waals surface area contributed by atoms with Crippen LogP contribution in [0, 0.1) is 0 Å². The van der Waals surface area contributed by atoms with E-state index in [4.69, 9.17) is 16.4 Å². The summed E-state index contributed by atoms with van der Waals surface area (Å²) in [5, 5.41) is 7.59. The molecule has 1 unspecified atom stereocenters. The third-order valence-corrected chi connectivity index (χ3v) is 4.24. The molecule has 2 aromatic rings. The fourth-order valence-electron chi connectivity index (χ4n) is 2.81. The van der Waals surface area contributed by atoms with Gasteiger partial charge in [0.1, 0.15) is 16.5 Å². The maximum absolute atomic E-state index is 12.9. The number of fused-ring (bicyclic) bond motifs is 2. The number of hydroxylamine groups is 2. The van der Waals surface area contributed by atoms with Crippen LogP contribution in [0.2, 0.25) is 5.15 Å². The van der Waals surface area contributed by atoms with Crippen molar-refractivity contribution in [3.8, 4) is 0 Å². The lowest BCUT2D eigenvalue weighted by Crippen LogP contribution is -2.44. The first-order valence-electron chi connectivity index (χ1n) is 8.66. The van der Waals surface area contributed by atoms with Gasteiger partial charge in [-0.3, -0.25) is 4.98 Å². The van der Waals surface area contributed by atoms with E-state index in [9.17, 15) is 13.2 Å². The van der Waals surface area contributed by atoms with Gasteiger partial charge in [-0.05, 0) is 30.7 Å². The molecule has 2 aromatic heterocycles. The zero-order valence-electron chi connectivity index (χ0n) is 15.0. The minimum Gasteiger partial charge on any atom is -0.324 e. The topological polar surface area (TPSA) is 87.0 Å². The highest BCUT2D eigenvalue weighted by molar-refractivity contribution is 6.29. The zero-order chi connectivity index (χ0) is 20.6. The molecular weight excluding hydrogens is 411 g/mol. The van der Waals surface area contributed by atoms with Crippen molar-refractivity contribution >= 4 is 29.2 Å². The van der Waals surface area contributed by atoms with Gasteiger partial charge >= 0.3 is 12.0 Å². The fraction of sp³-hybridized carbons (Fsp3) is 0.294. The largest absolute Gasteiger partial charge is 0.433 e. The fourth-order valence-corrected chi connectivity index (χ4v) is 2.98. The van der Waals surface area contributed by atoms with Crippen LogP contribution in [0.1, 0.15) is 24.7 Å². The standard InChI is InChI=1S/C17H15ClF3N7O/c1-2-8-28-15-25-14(23-10-6-7-22-12(9-10)16(19,20)21)26-17(27-15,29-28)11-4-3-5-13(18)24-11/h3-7,9H,2,8H2,1H3,(H2,22,23,25,26,27). The summed E-state index contributed by atoms with van der Waals surface area (Å²) in [6.07, 6.45) is -2.74. The van der Waals surface area contributed by atoms with Crippen molar-refractivity contribution in [2.75, 3.05) is 11.9 Å². The molecule has 0 radical (unpaired) electrons. The number of anilines is 1. The van der Waals surface area contributed by atoms with Gasteiger partial charge in [0.25, 0.3) is 0 Å². The Kier molecular flexibility index (Phi) is 4.79. The Labute approximate surface area is 168 Å². The van der Waals surface area contributed by atoms with E-state index in [0.717, 1.165) is 18.7 Å². The van der Waals surface area contributed by atoms with Crippen LogP contribution in [0.25, 0.3) is 0 Å². The second-order valence-corrected chi connectivity index (χ2v) is 6.62. The van der Waals surface area contributed by atoms with Crippen molar-refractivity contribution in [3.05, 3.63) is 53.1 Å². The zero-order valence-corrected chi connectivity index (χ0v) is 15.8. The van der Waals surface area contributed by atoms with E-state index in [0.29, 0.717) is 18.2 Å². The van der Waals surface area contributed by atoms with E-state index in [-0.39, 0.29) is 16.8 Å². The van der Waals surface area contributed by atoms with E-state index < -0.39 is 17.7 Å². The lowest BCUT2D eigenvalue weighted by Gasteiger charge is -2.24. The van der Waals surface area contributed by atoms with Crippen LogP contribution in [-0.4, -0.2) is 33.5 Å². The molecule has 2 aliphatic rings. The highest BCUT2D eigenvalue weighted by atomic mass is 35.5. The van der Waals surface area contributed by atoms with Crippen LogP contribution in [0.3, 0.4) is 0 Å². The minimum absolute atomic E-state index is 0.0541. The first-order valence-corrected chi connectivity index (χ1v) is 9.03. The number of nitrogens with one attached hydrogen (secondary N) is 2. The normalized spacial score (nSPS) is 20.8. The van der Waals surface area contributed by atoms with Crippen LogP contribution in [0.5, 0.6) is 0 Å². The summed E-state index contributed by atoms with van der Waals surface area (Å²) < 4.78 is 38.8. The molecule has 1 fully saturated rings. The van der Waals surface area contributed by atoms with Crippen molar-refractivity contribution in [1.29, 1.82) is 0 Å². The lowest BCUT2D eigenvalue weighted by atomic mass is 10.2. The maximum Gasteiger partial charge on any atom is 0.433 e. The summed E-state index contributed by atoms with van der Waals surface area (Å²) >= 11 is 6.00. The number of guanidine groups is 2. The van der Waals surface area contributed by atoms with Gasteiger partial charge in [-0.2, -0.15) is 23.2 Å². The number of rotatable bonds is 4. The average Bonchev–Trinajstić information content (AvgIpc) is 2.93. The number of alkyl halides is 3. The van der Waals surface area contributed by atoms with Gasteiger partial charge in [-0.25, -0.2) is 14.9 Å². The van der Waals surface area contributed by atoms with Crippen molar-refractivity contribution in [2.24, 2.45) is 9.98 Å². The summed E-state index contributed by atoms with van der Waals surface area (Å²) in [6, 6.07) is 7.24. The molecule has 8 nitrogen and oxygen atoms in total. The Balaban J connectivity index is 1.70. The quantitative estimate of drug-likeness (QED) is 0.731. The van der Waals surface area contributed by atoms with Crippen molar-refractivity contribution in [2.45, 2.75) is 25.4 Å². The van der Waals surface area contributed by atoms with E-state index in [2.05, 4.69) is 30.6 Å². The summed E-state index contributed by atoms with van der Waals surface area (Å²) in [7, 11) is 0. The number of aromatic nitrogens is 2. The summed E-state index contributed by atoms with van der Waals surface area (Å²) in [5.41, 5.74) is -0.517. The number of halogens is 4. The van der Waals surface area contributed by atoms with Gasteiger partial charge in [0.15, 0.2) is 0 Å². The Morgan fingerprint density at radius 3 is 2.86 bits per heavy atom. The molecule has 12 heteroatoms. The molecule has 0 aromatic carbocycles. The summed E-state index contributed by atoms with van der Waals surface area (Å²) in [5.74, 6) is -1.02. The van der Waals surface area contributed by atoms with Crippen LogP contribution in [0.15, 0.2) is 46.5 Å². The Bertz CT molecular complexity index is 997. The van der Waals surface area contributed by atoms with Crippen LogP contribution in [-0.2, 0) is 16.9 Å². The van der Waals surface area contributed by atoms with Crippen molar-refractivity contribution in [3.63, 3.8) is 0 Å². The number of hydrogen-bond acceptors (Lipinski definition) is 8. The van der Waals surface area contributed by atoms with Crippen molar-refractivity contribution in [1.82, 2.24) is 20.3 Å². The van der Waals surface area contributed by atoms with Gasteiger partial charge in [0.05, 0.1) is 0 Å². The molecule has 0 spiro atoms. The molecule has 2 N–H and O–H groups in total. The number of aliphatic imine (C=N–C) groups is 2. The third kappa shape index (κ3) is 3.83. The molecular formula is C17H15ClF3N7O. The Morgan fingerprint density at radius 1 is 1.31 bits per heavy atom. The molecule has 1 atom stereocenters. The molecule has 4 rings (SSSR count). The van der Waals surface area contributed by atoms with Gasteiger partial charge in [-0.15, -0.1) is 0 Å². The Morgan fingerprint density at radius 2 is 2.14 bits per heavy atom. The minimum atomic E-state index is -4.56. The molecule has 2 aliphatic heterocycles. The molecule has 4 heterocycles. The third-order valence-electron chi connectivity index (χ3n) is 4.03. The number of hydrogen-bond donors (Lipinski definition) is 2. The first kappa shape index (κ1) is 19.4. The molecule has 1 saturated heterocycles. The predicted octanol–water partition coefficient (Wildman–Crippen LogP) is 3.34. The van der Waals surface area contributed by atoms with Crippen LogP contribution < -0.4 is 10.6 Å². The summed E-state index contributed by atoms with van der Waals surface area (Å²) in [6.45, 7) is 2.48. The second kappa shape index (κ2) is 7.16. The van der Waals surface area contributed by atoms with E-state index in [1.807, 2.05) is 6.92 Å². The monoisotopic (exact) mass is 425 g/mol. The number of pyridine rings is 2. The van der Waals surface area contributed by atoms with E-state index in [1.165, 1.54) is 11.1 Å².